The summed E-state index contributed by atoms with van der Waals surface area (Å²) in [5, 5.41) is 9.62. The van der Waals surface area contributed by atoms with Crippen LogP contribution in [-0.4, -0.2) is 27.7 Å². The highest BCUT2D eigenvalue weighted by atomic mass is 32.2. The Kier molecular flexibility index (Phi) is 4.41. The second-order valence-corrected chi connectivity index (χ2v) is 5.93. The number of phenols is 1. The van der Waals surface area contributed by atoms with Crippen molar-refractivity contribution in [3.63, 3.8) is 0 Å². The number of hydrogen-bond donors (Lipinski definition) is 2. The third-order valence-corrected chi connectivity index (χ3v) is 4.25. The average Bonchev–Trinajstić information content (AvgIpc) is 2.50. The lowest BCUT2D eigenvalue weighted by Gasteiger charge is -2.13. The molecule has 2 aromatic carbocycles. The van der Waals surface area contributed by atoms with Crippen molar-refractivity contribution >= 4 is 15.7 Å². The van der Waals surface area contributed by atoms with Crippen molar-refractivity contribution in [2.75, 3.05) is 18.9 Å². The molecule has 0 fully saturated rings. The van der Waals surface area contributed by atoms with E-state index in [2.05, 4.69) is 4.72 Å². The van der Waals surface area contributed by atoms with E-state index in [1.165, 1.54) is 32.4 Å². The van der Waals surface area contributed by atoms with E-state index >= 15 is 0 Å². The molecule has 0 radical (unpaired) electrons. The van der Waals surface area contributed by atoms with Gasteiger partial charge >= 0.3 is 0 Å². The molecule has 6 nitrogen and oxygen atoms in total. The molecule has 0 saturated heterocycles. The van der Waals surface area contributed by atoms with Gasteiger partial charge in [-0.1, -0.05) is 0 Å². The molecule has 2 aromatic rings. The number of methoxy groups -OCH3 is 2. The molecule has 8 heteroatoms. The average molecular weight is 327 g/mol. The molecule has 22 heavy (non-hydrogen) atoms. The first-order valence-corrected chi connectivity index (χ1v) is 7.59. The monoisotopic (exact) mass is 327 g/mol. The fourth-order valence-corrected chi connectivity index (χ4v) is 3.03. The molecule has 0 heterocycles. The zero-order valence-electron chi connectivity index (χ0n) is 11.8. The highest BCUT2D eigenvalue weighted by molar-refractivity contribution is 7.92. The van der Waals surface area contributed by atoms with E-state index < -0.39 is 21.6 Å². The molecule has 0 aromatic heterocycles. The lowest BCUT2D eigenvalue weighted by molar-refractivity contribution is 0.392. The Labute approximate surface area is 127 Å². The topological polar surface area (TPSA) is 84.9 Å². The number of anilines is 1. The van der Waals surface area contributed by atoms with Gasteiger partial charge in [0, 0.05) is 12.1 Å². The van der Waals surface area contributed by atoms with Crippen LogP contribution in [0.1, 0.15) is 0 Å². The maximum Gasteiger partial charge on any atom is 0.265 e. The minimum atomic E-state index is -4.11. The molecule has 0 spiro atoms. The van der Waals surface area contributed by atoms with E-state index in [1.807, 2.05) is 0 Å². The summed E-state index contributed by atoms with van der Waals surface area (Å²) in [7, 11) is -1.40. The summed E-state index contributed by atoms with van der Waals surface area (Å²) >= 11 is 0. The molecular formula is C14H14FNO5S. The predicted molar refractivity (Wildman–Crippen MR) is 78.4 cm³/mol. The second-order valence-electron chi connectivity index (χ2n) is 4.28. The predicted octanol–water partition coefficient (Wildman–Crippen LogP) is 2.35. The van der Waals surface area contributed by atoms with Crippen molar-refractivity contribution in [3.8, 4) is 17.2 Å². The van der Waals surface area contributed by atoms with E-state index in [0.29, 0.717) is 5.75 Å². The lowest BCUT2D eigenvalue weighted by Crippen LogP contribution is -2.14. The van der Waals surface area contributed by atoms with Gasteiger partial charge in [0.2, 0.25) is 0 Å². The van der Waals surface area contributed by atoms with Crippen molar-refractivity contribution < 1.29 is 27.4 Å². The number of phenolic OH excluding ortho intramolecular Hbond substituents is 1. The van der Waals surface area contributed by atoms with Gasteiger partial charge in [-0.05, 0) is 24.3 Å². The van der Waals surface area contributed by atoms with E-state index in [9.17, 15) is 17.9 Å². The Morgan fingerprint density at radius 1 is 1.09 bits per heavy atom. The van der Waals surface area contributed by atoms with Crippen LogP contribution in [0.15, 0.2) is 41.3 Å². The summed E-state index contributed by atoms with van der Waals surface area (Å²) in [5.74, 6) is -0.686. The van der Waals surface area contributed by atoms with Crippen LogP contribution in [0.3, 0.4) is 0 Å². The van der Waals surface area contributed by atoms with Crippen LogP contribution in [0.5, 0.6) is 17.2 Å². The molecule has 0 amide bonds. The molecule has 2 N–H and O–H groups in total. The van der Waals surface area contributed by atoms with Crippen LogP contribution in [0.25, 0.3) is 0 Å². The van der Waals surface area contributed by atoms with Crippen molar-refractivity contribution in [2.24, 2.45) is 0 Å². The van der Waals surface area contributed by atoms with Crippen molar-refractivity contribution in [3.05, 3.63) is 42.2 Å². The van der Waals surface area contributed by atoms with E-state index in [4.69, 9.17) is 9.47 Å². The number of nitrogens with one attached hydrogen (secondary N) is 1. The van der Waals surface area contributed by atoms with Crippen LogP contribution in [-0.2, 0) is 10.0 Å². The Morgan fingerprint density at radius 3 is 2.45 bits per heavy atom. The number of benzene rings is 2. The second kappa shape index (κ2) is 6.10. The van der Waals surface area contributed by atoms with E-state index in [1.54, 1.807) is 0 Å². The van der Waals surface area contributed by atoms with Crippen molar-refractivity contribution in [2.45, 2.75) is 4.90 Å². The number of aromatic hydroxyl groups is 1. The van der Waals surface area contributed by atoms with Crippen molar-refractivity contribution in [1.82, 2.24) is 0 Å². The van der Waals surface area contributed by atoms with Gasteiger partial charge in [-0.3, -0.25) is 4.72 Å². The minimum absolute atomic E-state index is 0.0872. The lowest BCUT2D eigenvalue weighted by atomic mass is 10.3. The zero-order chi connectivity index (χ0) is 16.3. The van der Waals surface area contributed by atoms with Gasteiger partial charge in [-0.25, -0.2) is 12.8 Å². The third kappa shape index (κ3) is 3.22. The molecule has 0 aliphatic heterocycles. The molecule has 0 aliphatic rings. The van der Waals surface area contributed by atoms with Gasteiger partial charge in [0.25, 0.3) is 10.0 Å². The van der Waals surface area contributed by atoms with Crippen molar-refractivity contribution in [1.29, 1.82) is 0 Å². The smallest absolute Gasteiger partial charge is 0.265 e. The molecule has 2 rings (SSSR count). The van der Waals surface area contributed by atoms with Gasteiger partial charge in [-0.15, -0.1) is 0 Å². The van der Waals surface area contributed by atoms with Crippen LogP contribution in [0.4, 0.5) is 10.1 Å². The zero-order valence-corrected chi connectivity index (χ0v) is 12.6. The van der Waals surface area contributed by atoms with Gasteiger partial charge < -0.3 is 14.6 Å². The highest BCUT2D eigenvalue weighted by Gasteiger charge is 2.22. The SMILES string of the molecule is COc1ccc(OC)c(S(=O)(=O)Nc2cc(F)ccc2O)c1. The van der Waals surface area contributed by atoms with Gasteiger partial charge in [0.1, 0.15) is 28.0 Å². The highest BCUT2D eigenvalue weighted by Crippen LogP contribution is 2.32. The standard InChI is InChI=1S/C14H14FNO5S/c1-20-10-4-6-13(21-2)14(8-10)22(18,19)16-11-7-9(15)3-5-12(11)17/h3-8,16-17H,1-2H3. The summed E-state index contributed by atoms with van der Waals surface area (Å²) in [6.45, 7) is 0. The first kappa shape index (κ1) is 15.9. The molecule has 0 aliphatic carbocycles. The van der Waals surface area contributed by atoms with Gasteiger partial charge in [-0.2, -0.15) is 0 Å². The Balaban J connectivity index is 2.48. The quantitative estimate of drug-likeness (QED) is 0.824. The molecule has 118 valence electrons. The Bertz CT molecular complexity index is 792. The summed E-state index contributed by atoms with van der Waals surface area (Å²) in [5.41, 5.74) is -0.273. The van der Waals surface area contributed by atoms with Crippen LogP contribution in [0, 0.1) is 5.82 Å². The Hall–Kier alpha value is -2.48. The summed E-state index contributed by atoms with van der Waals surface area (Å²) in [4.78, 5) is -0.196. The number of sulfonamides is 1. The molecule has 0 atom stereocenters. The molecule has 0 unspecified atom stereocenters. The van der Waals surface area contributed by atoms with Crippen LogP contribution in [0.2, 0.25) is 0 Å². The number of rotatable bonds is 5. The molecular weight excluding hydrogens is 313 g/mol. The fraction of sp³-hybridized carbons (Fsp3) is 0.143. The summed E-state index contributed by atoms with van der Waals surface area (Å²) in [6, 6.07) is 7.17. The minimum Gasteiger partial charge on any atom is -0.506 e. The first-order chi connectivity index (χ1) is 10.4. The Morgan fingerprint density at radius 2 is 1.82 bits per heavy atom. The maximum absolute atomic E-state index is 13.2. The van der Waals surface area contributed by atoms with E-state index in [-0.39, 0.29) is 16.3 Å². The van der Waals surface area contributed by atoms with Gasteiger partial charge in [0.05, 0.1) is 19.9 Å². The van der Waals surface area contributed by atoms with Crippen LogP contribution >= 0.6 is 0 Å². The summed E-state index contributed by atoms with van der Waals surface area (Å²) < 4.78 is 50.2. The largest absolute Gasteiger partial charge is 0.506 e. The maximum atomic E-state index is 13.2. The summed E-state index contributed by atoms with van der Waals surface area (Å²) in [6.07, 6.45) is 0. The normalized spacial score (nSPS) is 11.0. The number of ether oxygens (including phenoxy) is 2. The van der Waals surface area contributed by atoms with Gasteiger partial charge in [0.15, 0.2) is 0 Å². The van der Waals surface area contributed by atoms with E-state index in [0.717, 1.165) is 18.2 Å². The first-order valence-electron chi connectivity index (χ1n) is 6.10. The van der Waals surface area contributed by atoms with Crippen LogP contribution < -0.4 is 14.2 Å². The fourth-order valence-electron chi connectivity index (χ4n) is 1.78. The number of halogens is 1. The third-order valence-electron chi connectivity index (χ3n) is 2.86. The molecule has 0 saturated carbocycles. The number of hydrogen-bond acceptors (Lipinski definition) is 5. The molecule has 0 bridgehead atoms.